The summed E-state index contributed by atoms with van der Waals surface area (Å²) < 4.78 is 18.7. The van der Waals surface area contributed by atoms with Crippen LogP contribution < -0.4 is 31.8 Å². The molecule has 0 aliphatic rings. The summed E-state index contributed by atoms with van der Waals surface area (Å²) in [4.78, 5) is 5.53. The maximum atomic E-state index is 16.3. The van der Waals surface area contributed by atoms with E-state index in [4.69, 9.17) is 16.8 Å². The van der Waals surface area contributed by atoms with E-state index < -0.39 is 13.2 Å². The minimum atomic E-state index is -3.38. The Hall–Kier alpha value is -9.27. The van der Waals surface area contributed by atoms with E-state index in [1.165, 1.54) is 53.6 Å². The second-order valence-electron chi connectivity index (χ2n) is 21.2. The first kappa shape index (κ1) is 47.7. The van der Waals surface area contributed by atoms with E-state index in [0.29, 0.717) is 0 Å². The number of fused-ring (bicyclic) bond motifs is 15. The van der Waals surface area contributed by atoms with Crippen LogP contribution in [0.5, 0.6) is 0 Å². The van der Waals surface area contributed by atoms with Crippen LogP contribution in [0.15, 0.2) is 291 Å². The number of hydrogen-bond donors (Lipinski definition) is 0. The topological polar surface area (TPSA) is 34.4 Å². The van der Waals surface area contributed by atoms with Crippen molar-refractivity contribution in [3.8, 4) is 22.3 Å². The first-order chi connectivity index (χ1) is 39.9. The largest absolute Gasteiger partial charge is 0.309 e. The Morgan fingerprint density at radius 1 is 0.321 bits per heavy atom. The van der Waals surface area contributed by atoms with Gasteiger partial charge >= 0.3 is 0 Å². The van der Waals surface area contributed by atoms with Crippen molar-refractivity contribution in [2.45, 2.75) is 0 Å². The highest BCUT2D eigenvalue weighted by atomic mass is 32.4. The molecule has 1 atom stereocenters. The number of benzene rings is 14. The van der Waals surface area contributed by atoms with E-state index in [1.54, 1.807) is 0 Å². The van der Waals surface area contributed by atoms with E-state index >= 15 is 4.57 Å². The van der Waals surface area contributed by atoms with Crippen LogP contribution in [-0.4, -0.2) is 9.38 Å². The van der Waals surface area contributed by atoms with Crippen LogP contribution >= 0.6 is 13.2 Å². The number of imidazole rings is 1. The molecule has 0 aliphatic carbocycles. The summed E-state index contributed by atoms with van der Waals surface area (Å²) in [6.45, 7) is 0. The standard InChI is InChI=1S/C75H48N2OP2S/c78-79(56-20-4-1-5-21-56,59-37-41-61-54(46-59)32-31-49-17-10-12-26-60(49)61)72-30-16-19-53-45-51(34-38-63(53)72)52-36-43-69-71(47-52)77-70-48-55(35-39-66(70)68-40-33-50-18-11-13-27-64(50)74(68)75(77)76-69)62-42-44-73(67-29-15-14-28-65(62)67)80(81,57-22-6-2-7-23-57)58-24-8-3-9-25-58/h1-48H. The zero-order valence-corrected chi connectivity index (χ0v) is 46.4. The molecule has 0 aliphatic heterocycles. The molecule has 0 N–H and O–H groups in total. The molecule has 6 heteroatoms. The molecule has 14 aromatic carbocycles. The number of hydrogen-bond acceptors (Lipinski definition) is 3. The number of nitrogens with zero attached hydrogens (tertiary/aromatic N) is 2. The zero-order chi connectivity index (χ0) is 53.8. The van der Waals surface area contributed by atoms with Gasteiger partial charge in [-0.2, -0.15) is 0 Å². The van der Waals surface area contributed by atoms with Crippen molar-refractivity contribution in [1.82, 2.24) is 9.38 Å². The fraction of sp³-hybridized carbons (Fsp3) is 0. The Kier molecular flexibility index (Phi) is 11.0. The summed E-state index contributed by atoms with van der Waals surface area (Å²) in [7, 11) is -3.38. The van der Waals surface area contributed by atoms with E-state index in [2.05, 4.69) is 265 Å². The Labute approximate surface area is 473 Å². The molecule has 2 aromatic heterocycles. The van der Waals surface area contributed by atoms with E-state index in [9.17, 15) is 0 Å². The van der Waals surface area contributed by atoms with Gasteiger partial charge in [-0.05, 0) is 122 Å². The summed E-state index contributed by atoms with van der Waals surface area (Å²) in [5.41, 5.74) is 8.36. The van der Waals surface area contributed by atoms with Crippen molar-refractivity contribution in [2.75, 3.05) is 0 Å². The molecule has 380 valence electrons. The first-order valence-corrected chi connectivity index (χ1v) is 32.0. The molecule has 0 bridgehead atoms. The third-order valence-electron chi connectivity index (χ3n) is 16.9. The van der Waals surface area contributed by atoms with E-state index in [1.807, 2.05) is 30.3 Å². The van der Waals surface area contributed by atoms with Gasteiger partial charge in [-0.15, -0.1) is 0 Å². The van der Waals surface area contributed by atoms with E-state index in [-0.39, 0.29) is 0 Å². The summed E-state index contributed by atoms with van der Waals surface area (Å²) >= 11 is 6.96. The van der Waals surface area contributed by atoms with Gasteiger partial charge in [0.15, 0.2) is 7.14 Å². The van der Waals surface area contributed by atoms with Crippen LogP contribution in [0.4, 0.5) is 0 Å². The fourth-order valence-electron chi connectivity index (χ4n) is 13.0. The van der Waals surface area contributed by atoms with Crippen molar-refractivity contribution in [2.24, 2.45) is 0 Å². The summed E-state index contributed by atoms with van der Waals surface area (Å²) in [6, 6.07) is 101. The maximum absolute atomic E-state index is 16.3. The Bertz CT molecular complexity index is 5320. The molecule has 0 fully saturated rings. The summed E-state index contributed by atoms with van der Waals surface area (Å²) in [5, 5.41) is 20.8. The Morgan fingerprint density at radius 3 is 1.62 bits per heavy atom. The van der Waals surface area contributed by atoms with Crippen LogP contribution in [0, 0.1) is 0 Å². The molecule has 2 heterocycles. The van der Waals surface area contributed by atoms with Crippen molar-refractivity contribution >= 4 is 149 Å². The second-order valence-corrected chi connectivity index (χ2v) is 28.3. The average Bonchev–Trinajstić information content (AvgIpc) is 4.04. The van der Waals surface area contributed by atoms with Gasteiger partial charge < -0.3 is 4.57 Å². The van der Waals surface area contributed by atoms with Gasteiger partial charge in [0.1, 0.15) is 5.65 Å². The molecule has 0 radical (unpaired) electrons. The van der Waals surface area contributed by atoms with Gasteiger partial charge in [-0.1, -0.05) is 273 Å². The molecule has 16 aromatic rings. The lowest BCUT2D eigenvalue weighted by Crippen LogP contribution is -2.25. The molecule has 0 amide bonds. The maximum Gasteiger partial charge on any atom is 0.171 e. The molecular weight excluding hydrogens is 1040 g/mol. The number of pyridine rings is 1. The highest BCUT2D eigenvalue weighted by Gasteiger charge is 2.32. The lowest BCUT2D eigenvalue weighted by molar-refractivity contribution is 0.592. The molecular formula is C75H48N2OP2S. The monoisotopic (exact) mass is 1090 g/mol. The van der Waals surface area contributed by atoms with Gasteiger partial charge in [0.25, 0.3) is 0 Å². The molecule has 0 saturated carbocycles. The number of rotatable bonds is 8. The van der Waals surface area contributed by atoms with Gasteiger partial charge in [-0.3, -0.25) is 4.40 Å². The lowest BCUT2D eigenvalue weighted by Gasteiger charge is -2.26. The third kappa shape index (κ3) is 7.38. The summed E-state index contributed by atoms with van der Waals surface area (Å²) in [6.07, 6.45) is 0. The van der Waals surface area contributed by atoms with Crippen LogP contribution in [0.2, 0.25) is 0 Å². The minimum Gasteiger partial charge on any atom is -0.309 e. The van der Waals surface area contributed by atoms with Gasteiger partial charge in [0, 0.05) is 38.0 Å². The molecule has 16 rings (SSSR count). The smallest absolute Gasteiger partial charge is 0.171 e. The highest BCUT2D eigenvalue weighted by molar-refractivity contribution is 8.25. The van der Waals surface area contributed by atoms with Crippen molar-refractivity contribution < 1.29 is 4.57 Å². The zero-order valence-electron chi connectivity index (χ0n) is 43.8. The van der Waals surface area contributed by atoms with Crippen LogP contribution in [0.25, 0.3) is 114 Å². The van der Waals surface area contributed by atoms with Gasteiger partial charge in [0.05, 0.1) is 16.6 Å². The van der Waals surface area contributed by atoms with E-state index in [0.717, 1.165) is 92.7 Å². The summed E-state index contributed by atoms with van der Waals surface area (Å²) in [5.74, 6) is 0. The quantitative estimate of drug-likeness (QED) is 0.112. The van der Waals surface area contributed by atoms with Crippen LogP contribution in [0.1, 0.15) is 0 Å². The fourth-order valence-corrected chi connectivity index (χ4v) is 20.0. The molecule has 81 heavy (non-hydrogen) atoms. The minimum absolute atomic E-state index is 0.812. The molecule has 3 nitrogen and oxygen atoms in total. The normalized spacial score (nSPS) is 12.9. The number of aromatic nitrogens is 2. The van der Waals surface area contributed by atoms with Gasteiger partial charge in [-0.25, -0.2) is 4.98 Å². The average molecular weight is 1090 g/mol. The van der Waals surface area contributed by atoms with Gasteiger partial charge in [0.2, 0.25) is 0 Å². The first-order valence-electron chi connectivity index (χ1n) is 27.5. The Balaban J connectivity index is 0.877. The van der Waals surface area contributed by atoms with Crippen LogP contribution in [-0.2, 0) is 16.4 Å². The SMILES string of the molecule is O=P(c1ccccc1)(c1ccc2c(ccc3ccccc32)c1)c1cccc2cc(-c3ccc4nc5c6c7ccccc7ccc6c6ccc(-c7ccc(P(=S)(c8ccccc8)c8ccccc8)c8ccccc78)cc6n5c4c3)ccc12. The lowest BCUT2D eigenvalue weighted by atomic mass is 9.95. The third-order valence-corrected chi connectivity index (χ3v) is 24.9. The van der Waals surface area contributed by atoms with Crippen molar-refractivity contribution in [3.05, 3.63) is 291 Å². The van der Waals surface area contributed by atoms with Crippen LogP contribution in [0.3, 0.4) is 0 Å². The van der Waals surface area contributed by atoms with Crippen molar-refractivity contribution in [3.63, 3.8) is 0 Å². The predicted molar refractivity (Wildman–Crippen MR) is 352 cm³/mol. The Morgan fingerprint density at radius 2 is 0.852 bits per heavy atom. The molecule has 0 spiro atoms. The molecule has 0 saturated heterocycles. The predicted octanol–water partition coefficient (Wildman–Crippen LogP) is 17.3. The highest BCUT2D eigenvalue weighted by Crippen LogP contribution is 2.48. The molecule has 1 unspecified atom stereocenters. The van der Waals surface area contributed by atoms with Crippen molar-refractivity contribution in [1.29, 1.82) is 0 Å². The second kappa shape index (κ2) is 18.7.